The van der Waals surface area contributed by atoms with Gasteiger partial charge in [0.25, 0.3) is 5.91 Å². The molecule has 2 aromatic rings. The summed E-state index contributed by atoms with van der Waals surface area (Å²) in [5, 5.41) is 3.44. The van der Waals surface area contributed by atoms with E-state index in [-0.39, 0.29) is 23.7 Å². The summed E-state index contributed by atoms with van der Waals surface area (Å²) < 4.78 is 6.09. The van der Waals surface area contributed by atoms with Crippen molar-refractivity contribution in [2.24, 2.45) is 0 Å². The van der Waals surface area contributed by atoms with Crippen molar-refractivity contribution in [3.8, 4) is 0 Å². The number of nitrogen functional groups attached to an aromatic ring is 1. The number of nitrogens with zero attached hydrogens (tertiary/aromatic N) is 3. The minimum atomic E-state index is -0.967. The Kier molecular flexibility index (Phi) is 9.57. The van der Waals surface area contributed by atoms with Gasteiger partial charge in [-0.1, -0.05) is 49.2 Å². The SMILES string of the molecule is CCc1cc(C[C@@H](OC(=O)N2CCC3(CC2)CC(=O)Nc2ccccc23)C(=O)N2CCC(N3CCCCC3)CC2)cc(Cl)c1N. The molecule has 1 atom stereocenters. The Labute approximate surface area is 271 Å². The topological polar surface area (TPSA) is 108 Å². The molecule has 0 radical (unpaired) electrons. The molecule has 0 aliphatic carbocycles. The van der Waals surface area contributed by atoms with Crippen LogP contribution >= 0.6 is 11.6 Å². The van der Waals surface area contributed by atoms with Gasteiger partial charge in [-0.15, -0.1) is 0 Å². The minimum Gasteiger partial charge on any atom is -0.436 e. The molecule has 3 amide bonds. The average Bonchev–Trinajstić information content (AvgIpc) is 3.06. The van der Waals surface area contributed by atoms with Crippen molar-refractivity contribution in [2.45, 2.75) is 88.7 Å². The number of ether oxygens (including phenoxy) is 1. The van der Waals surface area contributed by atoms with Gasteiger partial charge >= 0.3 is 6.09 Å². The molecule has 0 bridgehead atoms. The number of piperidine rings is 3. The Bertz CT molecular complexity index is 1410. The zero-order valence-corrected chi connectivity index (χ0v) is 27.1. The van der Waals surface area contributed by atoms with Crippen LogP contribution in [0.25, 0.3) is 0 Å². The Morgan fingerprint density at radius 1 is 1.02 bits per heavy atom. The van der Waals surface area contributed by atoms with Crippen molar-refractivity contribution < 1.29 is 19.1 Å². The molecule has 242 valence electrons. The van der Waals surface area contributed by atoms with E-state index < -0.39 is 12.2 Å². The number of nitrogens with two attached hydrogens (primary N) is 1. The molecule has 4 aliphatic rings. The van der Waals surface area contributed by atoms with E-state index in [2.05, 4.69) is 16.3 Å². The number of amides is 3. The summed E-state index contributed by atoms with van der Waals surface area (Å²) in [6.45, 7) is 6.52. The molecular formula is C35H46ClN5O4. The molecule has 6 rings (SSSR count). The summed E-state index contributed by atoms with van der Waals surface area (Å²) >= 11 is 6.47. The van der Waals surface area contributed by atoms with E-state index in [1.54, 1.807) is 11.0 Å². The van der Waals surface area contributed by atoms with Gasteiger partial charge in [-0.3, -0.25) is 9.59 Å². The molecule has 3 saturated heterocycles. The summed E-state index contributed by atoms with van der Waals surface area (Å²) in [5.74, 6) is -0.147. The van der Waals surface area contributed by atoms with Gasteiger partial charge < -0.3 is 30.5 Å². The number of carbonyl (C=O) groups is 3. The maximum atomic E-state index is 14.0. The van der Waals surface area contributed by atoms with E-state index >= 15 is 0 Å². The fraction of sp³-hybridized carbons (Fsp3) is 0.571. The highest BCUT2D eigenvalue weighted by atomic mass is 35.5. The molecule has 2 aromatic carbocycles. The zero-order valence-electron chi connectivity index (χ0n) is 26.4. The van der Waals surface area contributed by atoms with Gasteiger partial charge in [0.05, 0.1) is 10.7 Å². The van der Waals surface area contributed by atoms with Gasteiger partial charge in [-0.2, -0.15) is 0 Å². The zero-order chi connectivity index (χ0) is 31.6. The monoisotopic (exact) mass is 635 g/mol. The molecule has 0 unspecified atom stereocenters. The fourth-order valence-corrected chi connectivity index (χ4v) is 8.15. The fourth-order valence-electron chi connectivity index (χ4n) is 7.89. The van der Waals surface area contributed by atoms with E-state index in [0.717, 1.165) is 48.3 Å². The van der Waals surface area contributed by atoms with Crippen LogP contribution in [0.4, 0.5) is 16.2 Å². The molecule has 9 nitrogen and oxygen atoms in total. The van der Waals surface area contributed by atoms with Gasteiger partial charge in [0.15, 0.2) is 6.10 Å². The van der Waals surface area contributed by atoms with E-state index in [4.69, 9.17) is 22.1 Å². The highest BCUT2D eigenvalue weighted by Gasteiger charge is 2.44. The van der Waals surface area contributed by atoms with Gasteiger partial charge in [0, 0.05) is 56.2 Å². The number of likely N-dealkylation sites (tertiary alicyclic amines) is 3. The number of hydrogen-bond donors (Lipinski definition) is 2. The molecule has 0 saturated carbocycles. The molecule has 4 heterocycles. The van der Waals surface area contributed by atoms with Crippen LogP contribution in [0.1, 0.15) is 75.0 Å². The molecule has 0 aromatic heterocycles. The number of anilines is 2. The number of rotatable bonds is 6. The average molecular weight is 636 g/mol. The number of fused-ring (bicyclic) bond motifs is 2. The summed E-state index contributed by atoms with van der Waals surface area (Å²) in [7, 11) is 0. The van der Waals surface area contributed by atoms with Gasteiger partial charge in [-0.05, 0) is 86.9 Å². The summed E-state index contributed by atoms with van der Waals surface area (Å²) in [6, 6.07) is 12.2. The number of benzene rings is 2. The maximum Gasteiger partial charge on any atom is 0.410 e. The smallest absolute Gasteiger partial charge is 0.410 e. The normalized spacial score (nSPS) is 21.2. The maximum absolute atomic E-state index is 14.0. The van der Waals surface area contributed by atoms with Crippen molar-refractivity contribution >= 4 is 40.9 Å². The van der Waals surface area contributed by atoms with Crippen LogP contribution in [-0.2, 0) is 32.6 Å². The number of hydrogen-bond acceptors (Lipinski definition) is 6. The Morgan fingerprint density at radius 3 is 2.44 bits per heavy atom. The minimum absolute atomic E-state index is 0.00746. The third-order valence-corrected chi connectivity index (χ3v) is 10.8. The van der Waals surface area contributed by atoms with Crippen molar-refractivity contribution in [2.75, 3.05) is 50.3 Å². The molecule has 3 N–H and O–H groups in total. The standard InChI is InChI=1S/C35H46ClN5O4/c1-2-25-20-24(21-28(36)32(25)37)22-30(33(43)40-16-10-26(11-17-40)39-14-6-3-7-15-39)45-34(44)41-18-12-35(13-19-41)23-31(42)38-29-9-5-4-8-27(29)35/h4-5,8-9,20-21,26,30H,2-3,6-7,10-19,22-23,37H2,1H3,(H,38,42)/t30-/m1/s1. The largest absolute Gasteiger partial charge is 0.436 e. The lowest BCUT2D eigenvalue weighted by atomic mass is 9.68. The Balaban J connectivity index is 1.15. The third kappa shape index (κ3) is 6.80. The van der Waals surface area contributed by atoms with Crippen molar-refractivity contribution in [1.29, 1.82) is 0 Å². The Morgan fingerprint density at radius 2 is 1.73 bits per heavy atom. The van der Waals surface area contributed by atoms with Crippen molar-refractivity contribution in [3.05, 3.63) is 58.1 Å². The Hall–Kier alpha value is -3.30. The van der Waals surface area contributed by atoms with E-state index in [9.17, 15) is 14.4 Å². The molecule has 1 spiro atoms. The second-order valence-corrected chi connectivity index (χ2v) is 13.7. The first-order valence-corrected chi connectivity index (χ1v) is 17.1. The second-order valence-electron chi connectivity index (χ2n) is 13.3. The lowest BCUT2D eigenvalue weighted by molar-refractivity contribution is -0.142. The molecule has 4 aliphatic heterocycles. The second kappa shape index (κ2) is 13.6. The number of carbonyl (C=O) groups excluding carboxylic acids is 3. The van der Waals surface area contributed by atoms with Gasteiger partial charge in [0.2, 0.25) is 5.91 Å². The quantitative estimate of drug-likeness (QED) is 0.413. The molecule has 3 fully saturated rings. The number of para-hydroxylation sites is 1. The lowest BCUT2D eigenvalue weighted by Gasteiger charge is -2.44. The highest BCUT2D eigenvalue weighted by molar-refractivity contribution is 6.33. The number of nitrogens with one attached hydrogen (secondary N) is 1. The van der Waals surface area contributed by atoms with Crippen LogP contribution in [0, 0.1) is 0 Å². The molecule has 10 heteroatoms. The number of aryl methyl sites for hydroxylation is 1. The van der Waals surface area contributed by atoms with Crippen LogP contribution in [0.15, 0.2) is 36.4 Å². The van der Waals surface area contributed by atoms with E-state index in [1.165, 1.54) is 19.3 Å². The van der Waals surface area contributed by atoms with Crippen molar-refractivity contribution in [1.82, 2.24) is 14.7 Å². The van der Waals surface area contributed by atoms with Crippen LogP contribution in [-0.4, -0.2) is 84.0 Å². The summed E-state index contributed by atoms with van der Waals surface area (Å²) in [6.07, 6.45) is 6.86. The first-order chi connectivity index (χ1) is 21.8. The van der Waals surface area contributed by atoms with Crippen LogP contribution in [0.3, 0.4) is 0 Å². The predicted molar refractivity (Wildman–Crippen MR) is 176 cm³/mol. The van der Waals surface area contributed by atoms with E-state index in [1.807, 2.05) is 36.1 Å². The van der Waals surface area contributed by atoms with Crippen LogP contribution in [0.2, 0.25) is 5.02 Å². The first-order valence-electron chi connectivity index (χ1n) is 16.7. The predicted octanol–water partition coefficient (Wildman–Crippen LogP) is 5.39. The third-order valence-electron chi connectivity index (χ3n) is 10.5. The molecular weight excluding hydrogens is 590 g/mol. The summed E-state index contributed by atoms with van der Waals surface area (Å²) in [5.41, 5.74) is 10.2. The van der Waals surface area contributed by atoms with Crippen LogP contribution < -0.4 is 11.1 Å². The highest BCUT2D eigenvalue weighted by Crippen LogP contribution is 2.45. The van der Waals surface area contributed by atoms with Crippen molar-refractivity contribution in [3.63, 3.8) is 0 Å². The summed E-state index contributed by atoms with van der Waals surface area (Å²) in [4.78, 5) is 46.4. The van der Waals surface area contributed by atoms with Crippen LogP contribution in [0.5, 0.6) is 0 Å². The van der Waals surface area contributed by atoms with Gasteiger partial charge in [-0.25, -0.2) is 4.79 Å². The lowest BCUT2D eigenvalue weighted by Crippen LogP contribution is -2.52. The van der Waals surface area contributed by atoms with Gasteiger partial charge in [0.1, 0.15) is 0 Å². The van der Waals surface area contributed by atoms with E-state index in [0.29, 0.717) is 68.6 Å². The first kappa shape index (κ1) is 31.7. The molecule has 45 heavy (non-hydrogen) atoms. The number of halogens is 1.